The van der Waals surface area contributed by atoms with Crippen molar-refractivity contribution in [3.8, 4) is 17.3 Å². The average molecular weight is 627 g/mol. The number of nitrogens with zero attached hydrogens (tertiary/aromatic N) is 6. The molecule has 2 aromatic heterocycles. The molecule has 1 N–H and O–H groups in total. The largest absolute Gasteiger partial charge is 0.394 e. The number of pyridine rings is 1. The zero-order valence-electron chi connectivity index (χ0n) is 24.3. The Labute approximate surface area is 253 Å². The van der Waals surface area contributed by atoms with Crippen molar-refractivity contribution in [2.45, 2.75) is 32.7 Å². The zero-order chi connectivity index (χ0) is 31.1. The van der Waals surface area contributed by atoms with E-state index in [4.69, 9.17) is 4.98 Å². The highest BCUT2D eigenvalue weighted by Crippen LogP contribution is 2.41. The fourth-order valence-electron chi connectivity index (χ4n) is 5.29. The first-order valence-corrected chi connectivity index (χ1v) is 16.5. The molecule has 0 radical (unpaired) electrons. The maximum absolute atomic E-state index is 15.9. The van der Waals surface area contributed by atoms with Gasteiger partial charge in [-0.2, -0.15) is 9.57 Å². The first kappa shape index (κ1) is 30.7. The van der Waals surface area contributed by atoms with Gasteiger partial charge in [0.2, 0.25) is 10.0 Å². The van der Waals surface area contributed by atoms with Gasteiger partial charge in [0.25, 0.3) is 0 Å². The molecule has 0 saturated carbocycles. The molecule has 1 aliphatic rings. The van der Waals surface area contributed by atoms with E-state index in [-0.39, 0.29) is 37.7 Å². The van der Waals surface area contributed by atoms with Gasteiger partial charge in [-0.25, -0.2) is 27.2 Å². The quantitative estimate of drug-likeness (QED) is 0.283. The number of piperazine rings is 1. The van der Waals surface area contributed by atoms with Crippen LogP contribution < -0.4 is 9.80 Å². The van der Waals surface area contributed by atoms with Crippen LogP contribution in [0, 0.1) is 23.0 Å². The van der Waals surface area contributed by atoms with Gasteiger partial charge in [0, 0.05) is 48.5 Å². The number of rotatable bonds is 8. The van der Waals surface area contributed by atoms with Gasteiger partial charge >= 0.3 is 0 Å². The van der Waals surface area contributed by atoms with E-state index >= 15 is 4.39 Å². The van der Waals surface area contributed by atoms with Crippen molar-refractivity contribution in [2.24, 2.45) is 0 Å². The van der Waals surface area contributed by atoms with E-state index in [1.54, 1.807) is 12.1 Å². The lowest BCUT2D eigenvalue weighted by atomic mass is 10.0. The molecule has 0 unspecified atom stereocenters. The van der Waals surface area contributed by atoms with Crippen LogP contribution in [0.5, 0.6) is 0 Å². The first-order valence-electron chi connectivity index (χ1n) is 13.9. The number of benzene rings is 2. The number of aliphatic hydroxyl groups is 1. The van der Waals surface area contributed by atoms with Gasteiger partial charge in [0.1, 0.15) is 28.0 Å². The standard InChI is InChI=1S/C30H32F2N6O3S2/c1-5-37(30-35-28(27(15-33)42-30)19-6-8-20(31)9-7-19)26-14-25(18(2)3)34-29-23(26)12-21(13-24(29)32)38-11-10-36(43(4,40)41)16-22(38)17-39/h6-9,12-14,18,22,39H,5,10-11,16-17H2,1-4H3/t22-/m1/s1. The summed E-state index contributed by atoms with van der Waals surface area (Å²) >= 11 is 1.19. The maximum atomic E-state index is 15.9. The average Bonchev–Trinajstić information content (AvgIpc) is 3.41. The smallest absolute Gasteiger partial charge is 0.211 e. The fraction of sp³-hybridized carbons (Fsp3) is 0.367. The Hall–Kier alpha value is -3.70. The summed E-state index contributed by atoms with van der Waals surface area (Å²) < 4.78 is 55.1. The van der Waals surface area contributed by atoms with Crippen LogP contribution >= 0.6 is 11.3 Å². The maximum Gasteiger partial charge on any atom is 0.211 e. The summed E-state index contributed by atoms with van der Waals surface area (Å²) in [6, 6.07) is 12.5. The fourth-order valence-corrected chi connectivity index (χ4v) is 7.11. The first-order chi connectivity index (χ1) is 20.4. The van der Waals surface area contributed by atoms with Crippen molar-refractivity contribution < 1.29 is 22.3 Å². The minimum atomic E-state index is -3.45. The van der Waals surface area contributed by atoms with Gasteiger partial charge in [0.05, 0.1) is 24.6 Å². The normalized spacial score (nSPS) is 16.2. The minimum absolute atomic E-state index is 0.00971. The molecular formula is C30H32F2N6O3S2. The molecule has 2 aromatic carbocycles. The molecule has 5 rings (SSSR count). The third-order valence-corrected chi connectivity index (χ3v) is 9.82. The van der Waals surface area contributed by atoms with Crippen LogP contribution in [0.4, 0.5) is 25.3 Å². The van der Waals surface area contributed by atoms with Gasteiger partial charge in [0.15, 0.2) is 10.9 Å². The van der Waals surface area contributed by atoms with E-state index in [1.165, 1.54) is 33.8 Å². The predicted molar refractivity (Wildman–Crippen MR) is 165 cm³/mol. The van der Waals surface area contributed by atoms with Crippen molar-refractivity contribution in [2.75, 3.05) is 48.8 Å². The van der Waals surface area contributed by atoms with E-state index in [1.807, 2.05) is 42.7 Å². The molecule has 1 atom stereocenters. The Morgan fingerprint density at radius 1 is 1.16 bits per heavy atom. The highest BCUT2D eigenvalue weighted by molar-refractivity contribution is 7.88. The Kier molecular flexibility index (Phi) is 8.67. The summed E-state index contributed by atoms with van der Waals surface area (Å²) in [6.07, 6.45) is 1.13. The number of halogens is 2. The van der Waals surface area contributed by atoms with Crippen LogP contribution in [0.3, 0.4) is 0 Å². The van der Waals surface area contributed by atoms with E-state index in [9.17, 15) is 23.2 Å². The molecular weight excluding hydrogens is 594 g/mol. The summed E-state index contributed by atoms with van der Waals surface area (Å²) in [7, 11) is -3.45. The van der Waals surface area contributed by atoms with Crippen LogP contribution in [-0.4, -0.2) is 72.9 Å². The molecule has 0 spiro atoms. The second-order valence-corrected chi connectivity index (χ2v) is 13.7. The number of nitriles is 1. The van der Waals surface area contributed by atoms with Crippen molar-refractivity contribution in [3.63, 3.8) is 0 Å². The summed E-state index contributed by atoms with van der Waals surface area (Å²) in [5.74, 6) is -0.945. The van der Waals surface area contributed by atoms with Crippen LogP contribution in [0.25, 0.3) is 22.2 Å². The Balaban J connectivity index is 1.65. The number of thiazole rings is 1. The molecule has 0 aliphatic carbocycles. The molecule has 3 heterocycles. The van der Waals surface area contributed by atoms with Crippen LogP contribution in [-0.2, 0) is 10.0 Å². The molecule has 1 fully saturated rings. The molecule has 9 nitrogen and oxygen atoms in total. The summed E-state index contributed by atoms with van der Waals surface area (Å²) in [4.78, 5) is 13.5. The number of aromatic nitrogens is 2. The van der Waals surface area contributed by atoms with Crippen LogP contribution in [0.1, 0.15) is 37.3 Å². The van der Waals surface area contributed by atoms with Crippen LogP contribution in [0.2, 0.25) is 0 Å². The molecule has 0 amide bonds. The summed E-state index contributed by atoms with van der Waals surface area (Å²) in [5.41, 5.74) is 3.04. The third-order valence-electron chi connectivity index (χ3n) is 7.57. The molecule has 0 bridgehead atoms. The zero-order valence-corrected chi connectivity index (χ0v) is 25.9. The minimum Gasteiger partial charge on any atom is -0.394 e. The lowest BCUT2D eigenvalue weighted by Gasteiger charge is -2.41. The lowest BCUT2D eigenvalue weighted by molar-refractivity contribution is 0.218. The summed E-state index contributed by atoms with van der Waals surface area (Å²) in [5, 5.41) is 21.1. The molecule has 1 saturated heterocycles. The van der Waals surface area contributed by atoms with Gasteiger partial charge in [-0.15, -0.1) is 0 Å². The second-order valence-electron chi connectivity index (χ2n) is 10.7. The van der Waals surface area contributed by atoms with Crippen molar-refractivity contribution >= 4 is 48.8 Å². The topological polar surface area (TPSA) is 114 Å². The Morgan fingerprint density at radius 2 is 1.88 bits per heavy atom. The van der Waals surface area contributed by atoms with E-state index in [0.29, 0.717) is 50.3 Å². The Bertz CT molecular complexity index is 1810. The molecule has 226 valence electrons. The number of sulfonamides is 1. The van der Waals surface area contributed by atoms with Gasteiger partial charge in [-0.3, -0.25) is 0 Å². The van der Waals surface area contributed by atoms with Gasteiger partial charge < -0.3 is 14.9 Å². The number of aliphatic hydroxyl groups excluding tert-OH is 1. The second kappa shape index (κ2) is 12.1. The number of hydrogen-bond acceptors (Lipinski definition) is 9. The Morgan fingerprint density at radius 3 is 2.49 bits per heavy atom. The van der Waals surface area contributed by atoms with E-state index < -0.39 is 27.7 Å². The van der Waals surface area contributed by atoms with E-state index in [0.717, 1.165) is 6.26 Å². The highest BCUT2D eigenvalue weighted by Gasteiger charge is 2.32. The van der Waals surface area contributed by atoms with Crippen LogP contribution in [0.15, 0.2) is 42.5 Å². The molecule has 43 heavy (non-hydrogen) atoms. The SMILES string of the molecule is CCN(c1nc(-c2ccc(F)cc2)c(C#N)s1)c1cc(C(C)C)nc2c(F)cc(N3CCN(S(C)(=O)=O)C[C@@H]3CO)cc12. The molecule has 4 aromatic rings. The molecule has 13 heteroatoms. The monoisotopic (exact) mass is 626 g/mol. The summed E-state index contributed by atoms with van der Waals surface area (Å²) in [6.45, 7) is 6.55. The third kappa shape index (κ3) is 6.05. The number of anilines is 3. The predicted octanol–water partition coefficient (Wildman–Crippen LogP) is 5.23. The highest BCUT2D eigenvalue weighted by atomic mass is 32.2. The number of fused-ring (bicyclic) bond motifs is 1. The number of hydrogen-bond donors (Lipinski definition) is 1. The van der Waals surface area contributed by atoms with Crippen molar-refractivity contribution in [1.29, 1.82) is 5.26 Å². The van der Waals surface area contributed by atoms with E-state index in [2.05, 4.69) is 11.1 Å². The van der Waals surface area contributed by atoms with Crippen molar-refractivity contribution in [3.05, 3.63) is 64.7 Å². The van der Waals surface area contributed by atoms with Gasteiger partial charge in [-0.1, -0.05) is 25.2 Å². The molecule has 1 aliphatic heterocycles. The lowest BCUT2D eigenvalue weighted by Crippen LogP contribution is -2.56. The van der Waals surface area contributed by atoms with Gasteiger partial charge in [-0.05, 0) is 55.3 Å². The van der Waals surface area contributed by atoms with Crippen molar-refractivity contribution in [1.82, 2.24) is 14.3 Å².